The second-order valence-corrected chi connectivity index (χ2v) is 6.42. The number of benzene rings is 2. The van der Waals surface area contributed by atoms with Crippen molar-refractivity contribution in [1.29, 1.82) is 5.26 Å². The number of anilines is 2. The zero-order valence-corrected chi connectivity index (χ0v) is 14.8. The molecule has 3 rings (SSSR count). The molecule has 1 aliphatic rings. The smallest absolute Gasteiger partial charge is 0.238 e. The van der Waals surface area contributed by atoms with Gasteiger partial charge in [-0.25, -0.2) is 8.78 Å². The summed E-state index contributed by atoms with van der Waals surface area (Å²) < 4.78 is 26.9. The Balaban J connectivity index is 1.59. The van der Waals surface area contributed by atoms with Gasteiger partial charge in [-0.05, 0) is 30.7 Å². The van der Waals surface area contributed by atoms with E-state index in [9.17, 15) is 18.8 Å². The summed E-state index contributed by atoms with van der Waals surface area (Å²) in [6, 6.07) is 12.6. The molecule has 0 atom stereocenters. The van der Waals surface area contributed by atoms with Crippen LogP contribution in [0.5, 0.6) is 0 Å². The maximum absolute atomic E-state index is 13.7. The molecule has 1 aliphatic heterocycles. The van der Waals surface area contributed by atoms with E-state index in [-0.39, 0.29) is 18.1 Å². The molecule has 5 nitrogen and oxygen atoms in total. The molecule has 0 bridgehead atoms. The summed E-state index contributed by atoms with van der Waals surface area (Å²) in [6.45, 7) is 2.92. The summed E-state index contributed by atoms with van der Waals surface area (Å²) >= 11 is 0. The molecule has 1 fully saturated rings. The number of carbonyl (C=O) groups is 1. The Hall–Kier alpha value is -2.98. The molecule has 27 heavy (non-hydrogen) atoms. The van der Waals surface area contributed by atoms with Gasteiger partial charge in [-0.15, -0.1) is 0 Å². The number of hydrogen-bond acceptors (Lipinski definition) is 4. The molecular weight excluding hydrogens is 350 g/mol. The van der Waals surface area contributed by atoms with Crippen LogP contribution < -0.4 is 10.2 Å². The second kappa shape index (κ2) is 8.60. The topological polar surface area (TPSA) is 59.4 Å². The molecule has 0 saturated carbocycles. The van der Waals surface area contributed by atoms with Crippen LogP contribution in [0.2, 0.25) is 0 Å². The largest absolute Gasteiger partial charge is 0.369 e. The van der Waals surface area contributed by atoms with Gasteiger partial charge in [-0.1, -0.05) is 12.1 Å². The number of nitriles is 1. The first-order chi connectivity index (χ1) is 13.1. The molecule has 2 aromatic carbocycles. The van der Waals surface area contributed by atoms with E-state index in [1.165, 1.54) is 0 Å². The summed E-state index contributed by atoms with van der Waals surface area (Å²) in [7, 11) is 0. The third-order valence-corrected chi connectivity index (χ3v) is 4.52. The Labute approximate surface area is 156 Å². The van der Waals surface area contributed by atoms with Crippen molar-refractivity contribution in [2.75, 3.05) is 42.9 Å². The quantitative estimate of drug-likeness (QED) is 0.899. The standard InChI is InChI=1S/C20H20F2N4O/c21-16-6-7-17(22)18(12-16)24-20(27)14-25-8-3-9-26(11-10-25)19-5-2-1-4-15(19)13-23/h1-2,4-7,12H,3,8-11,14H2,(H,24,27). The summed E-state index contributed by atoms with van der Waals surface area (Å²) in [4.78, 5) is 16.3. The van der Waals surface area contributed by atoms with Gasteiger partial charge in [-0.3, -0.25) is 9.69 Å². The van der Waals surface area contributed by atoms with E-state index in [0.29, 0.717) is 25.2 Å². The van der Waals surface area contributed by atoms with Gasteiger partial charge in [0.05, 0.1) is 23.5 Å². The maximum atomic E-state index is 13.7. The first-order valence-corrected chi connectivity index (χ1v) is 8.78. The van der Waals surface area contributed by atoms with Crippen molar-refractivity contribution in [2.24, 2.45) is 0 Å². The number of nitrogens with zero attached hydrogens (tertiary/aromatic N) is 3. The van der Waals surface area contributed by atoms with E-state index < -0.39 is 11.6 Å². The molecular formula is C20H20F2N4O. The molecule has 0 unspecified atom stereocenters. The lowest BCUT2D eigenvalue weighted by Gasteiger charge is -2.24. The van der Waals surface area contributed by atoms with E-state index in [4.69, 9.17) is 0 Å². The highest BCUT2D eigenvalue weighted by molar-refractivity contribution is 5.92. The highest BCUT2D eigenvalue weighted by Gasteiger charge is 2.19. The highest BCUT2D eigenvalue weighted by Crippen LogP contribution is 2.21. The Morgan fingerprint density at radius 1 is 1.11 bits per heavy atom. The summed E-state index contributed by atoms with van der Waals surface area (Å²) in [5.74, 6) is -1.65. The van der Waals surface area contributed by atoms with Crippen molar-refractivity contribution in [2.45, 2.75) is 6.42 Å². The summed E-state index contributed by atoms with van der Waals surface area (Å²) in [5, 5.41) is 11.7. The van der Waals surface area contributed by atoms with Crippen LogP contribution in [-0.4, -0.2) is 43.5 Å². The number of rotatable bonds is 4. The molecule has 1 saturated heterocycles. The molecule has 0 spiro atoms. The van der Waals surface area contributed by atoms with Crippen LogP contribution in [0.3, 0.4) is 0 Å². The predicted molar refractivity (Wildman–Crippen MR) is 99.4 cm³/mol. The fraction of sp³-hybridized carbons (Fsp3) is 0.300. The Morgan fingerprint density at radius 2 is 1.93 bits per heavy atom. The minimum absolute atomic E-state index is 0.101. The van der Waals surface area contributed by atoms with Crippen LogP contribution in [0.4, 0.5) is 20.2 Å². The molecule has 140 valence electrons. The van der Waals surface area contributed by atoms with Gasteiger partial charge in [0.2, 0.25) is 5.91 Å². The number of carbonyl (C=O) groups excluding carboxylic acids is 1. The van der Waals surface area contributed by atoms with E-state index in [1.54, 1.807) is 6.07 Å². The lowest BCUT2D eigenvalue weighted by atomic mass is 10.1. The first kappa shape index (κ1) is 18.8. The van der Waals surface area contributed by atoms with Crippen molar-refractivity contribution in [3.63, 3.8) is 0 Å². The fourth-order valence-electron chi connectivity index (χ4n) is 3.20. The number of halogens is 2. The van der Waals surface area contributed by atoms with Crippen LogP contribution >= 0.6 is 0 Å². The van der Waals surface area contributed by atoms with Crippen molar-refractivity contribution in [3.8, 4) is 6.07 Å². The van der Waals surface area contributed by atoms with Crippen LogP contribution in [0.25, 0.3) is 0 Å². The second-order valence-electron chi connectivity index (χ2n) is 6.42. The summed E-state index contributed by atoms with van der Waals surface area (Å²) in [5.41, 5.74) is 1.37. The third kappa shape index (κ3) is 4.80. The fourth-order valence-corrected chi connectivity index (χ4v) is 3.20. The monoisotopic (exact) mass is 370 g/mol. The van der Waals surface area contributed by atoms with Gasteiger partial charge in [0, 0.05) is 32.2 Å². The SMILES string of the molecule is N#Cc1ccccc1N1CCCN(CC(=O)Nc2cc(F)ccc2F)CC1. The maximum Gasteiger partial charge on any atom is 0.238 e. The van der Waals surface area contributed by atoms with Crippen molar-refractivity contribution in [3.05, 3.63) is 59.7 Å². The Morgan fingerprint density at radius 3 is 2.74 bits per heavy atom. The molecule has 1 amide bonds. The van der Waals surface area contributed by atoms with E-state index >= 15 is 0 Å². The van der Waals surface area contributed by atoms with Gasteiger partial charge in [0.25, 0.3) is 0 Å². The van der Waals surface area contributed by atoms with Gasteiger partial charge < -0.3 is 10.2 Å². The van der Waals surface area contributed by atoms with E-state index in [0.717, 1.165) is 36.9 Å². The average molecular weight is 370 g/mol. The molecule has 0 radical (unpaired) electrons. The van der Waals surface area contributed by atoms with Crippen LogP contribution in [0.1, 0.15) is 12.0 Å². The minimum atomic E-state index is -0.667. The highest BCUT2D eigenvalue weighted by atomic mass is 19.1. The Bertz CT molecular complexity index is 865. The Kier molecular flexibility index (Phi) is 5.99. The minimum Gasteiger partial charge on any atom is -0.369 e. The molecule has 0 aliphatic carbocycles. The normalized spacial score (nSPS) is 15.1. The molecule has 0 aromatic heterocycles. The first-order valence-electron chi connectivity index (χ1n) is 8.78. The van der Waals surface area contributed by atoms with Crippen LogP contribution in [-0.2, 0) is 4.79 Å². The van der Waals surface area contributed by atoms with E-state index in [1.807, 2.05) is 23.1 Å². The van der Waals surface area contributed by atoms with E-state index in [2.05, 4.69) is 16.3 Å². The van der Waals surface area contributed by atoms with Crippen LogP contribution in [0.15, 0.2) is 42.5 Å². The molecule has 2 aromatic rings. The van der Waals surface area contributed by atoms with Crippen molar-refractivity contribution < 1.29 is 13.6 Å². The lowest BCUT2D eigenvalue weighted by molar-refractivity contribution is -0.117. The number of hydrogen-bond donors (Lipinski definition) is 1. The van der Waals surface area contributed by atoms with Crippen molar-refractivity contribution in [1.82, 2.24) is 4.90 Å². The van der Waals surface area contributed by atoms with Gasteiger partial charge >= 0.3 is 0 Å². The van der Waals surface area contributed by atoms with Crippen LogP contribution in [0, 0.1) is 23.0 Å². The van der Waals surface area contributed by atoms with Gasteiger partial charge in [0.1, 0.15) is 17.7 Å². The number of amides is 1. The number of para-hydroxylation sites is 1. The van der Waals surface area contributed by atoms with Gasteiger partial charge in [0.15, 0.2) is 0 Å². The molecule has 7 heteroatoms. The molecule has 1 N–H and O–H groups in total. The lowest BCUT2D eigenvalue weighted by Crippen LogP contribution is -2.36. The average Bonchev–Trinajstić information content (AvgIpc) is 2.90. The third-order valence-electron chi connectivity index (χ3n) is 4.52. The zero-order valence-electron chi connectivity index (χ0n) is 14.8. The molecule has 1 heterocycles. The number of nitrogens with one attached hydrogen (secondary N) is 1. The zero-order chi connectivity index (χ0) is 19.2. The van der Waals surface area contributed by atoms with Crippen molar-refractivity contribution >= 4 is 17.3 Å². The van der Waals surface area contributed by atoms with Gasteiger partial charge in [-0.2, -0.15) is 5.26 Å². The predicted octanol–water partition coefficient (Wildman–Crippen LogP) is 2.99. The summed E-state index contributed by atoms with van der Waals surface area (Å²) in [6.07, 6.45) is 0.835.